The first-order chi connectivity index (χ1) is 33.7. The van der Waals surface area contributed by atoms with Crippen molar-refractivity contribution in [3.63, 3.8) is 0 Å². The summed E-state index contributed by atoms with van der Waals surface area (Å²) in [5.41, 5.74) is 22.7. The standard InChI is InChI=1S/C65H43N3/c1-4-16-44(17-5-1)45-32-36-50(37-33-45)61-43-60(49-18-6-2-7-19-49)66-64(67-61)51-38-34-47(35-39-51)46-28-30-48(31-29-46)52-40-41-55-54-22-10-11-23-56(54)65(59(55)42-52)57-24-12-14-26-62(57)68(53-20-8-3-9-21-53)63-27-15-13-25-58(63)65/h1-43H. The fraction of sp³-hybridized carbons (Fsp3) is 0.0154. The van der Waals surface area contributed by atoms with E-state index in [-0.39, 0.29) is 0 Å². The summed E-state index contributed by atoms with van der Waals surface area (Å²) in [5.74, 6) is 0.697. The lowest BCUT2D eigenvalue weighted by Crippen LogP contribution is -2.36. The second-order valence-electron chi connectivity index (χ2n) is 17.7. The predicted octanol–water partition coefficient (Wildman–Crippen LogP) is 16.6. The highest BCUT2D eigenvalue weighted by Gasteiger charge is 2.51. The Labute approximate surface area is 397 Å². The second kappa shape index (κ2) is 16.2. The number of hydrogen-bond acceptors (Lipinski definition) is 3. The number of nitrogens with zero attached hydrogens (tertiary/aromatic N) is 3. The van der Waals surface area contributed by atoms with E-state index in [9.17, 15) is 0 Å². The lowest BCUT2D eigenvalue weighted by molar-refractivity contribution is 0.753. The van der Waals surface area contributed by atoms with Crippen LogP contribution >= 0.6 is 0 Å². The van der Waals surface area contributed by atoms with Crippen LogP contribution in [-0.2, 0) is 5.41 Å². The number of para-hydroxylation sites is 3. The van der Waals surface area contributed by atoms with Crippen LogP contribution in [-0.4, -0.2) is 9.97 Å². The molecular formula is C65H43N3. The lowest BCUT2D eigenvalue weighted by Gasteiger charge is -2.45. The fourth-order valence-electron chi connectivity index (χ4n) is 10.8. The van der Waals surface area contributed by atoms with Gasteiger partial charge in [0.05, 0.1) is 28.2 Å². The van der Waals surface area contributed by atoms with Gasteiger partial charge in [0.25, 0.3) is 0 Å². The van der Waals surface area contributed by atoms with Crippen LogP contribution in [0.4, 0.5) is 17.1 Å². The van der Waals surface area contributed by atoms with Crippen molar-refractivity contribution in [2.24, 2.45) is 0 Å². The Bertz CT molecular complexity index is 3590. The number of rotatable bonds is 7. The molecule has 0 fully saturated rings. The highest BCUT2D eigenvalue weighted by atomic mass is 15.2. The van der Waals surface area contributed by atoms with Crippen LogP contribution in [0.15, 0.2) is 261 Å². The van der Waals surface area contributed by atoms with E-state index in [1.54, 1.807) is 0 Å². The van der Waals surface area contributed by atoms with E-state index in [1.807, 2.05) is 12.1 Å². The van der Waals surface area contributed by atoms with Gasteiger partial charge in [0, 0.05) is 22.4 Å². The minimum atomic E-state index is -0.500. The molecule has 0 amide bonds. The molecule has 318 valence electrons. The van der Waals surface area contributed by atoms with Crippen molar-refractivity contribution in [2.45, 2.75) is 5.41 Å². The fourth-order valence-corrected chi connectivity index (χ4v) is 10.8. The zero-order chi connectivity index (χ0) is 45.0. The van der Waals surface area contributed by atoms with Crippen molar-refractivity contribution in [1.82, 2.24) is 9.97 Å². The average Bonchev–Trinajstić information content (AvgIpc) is 3.71. The quantitative estimate of drug-likeness (QED) is 0.160. The maximum Gasteiger partial charge on any atom is 0.160 e. The van der Waals surface area contributed by atoms with Crippen LogP contribution in [0.5, 0.6) is 0 Å². The van der Waals surface area contributed by atoms with Gasteiger partial charge in [-0.25, -0.2) is 9.97 Å². The van der Waals surface area contributed by atoms with Crippen LogP contribution in [0.25, 0.3) is 78.4 Å². The molecule has 2 aliphatic rings. The Morgan fingerprint density at radius 1 is 0.265 bits per heavy atom. The number of aromatic nitrogens is 2. The van der Waals surface area contributed by atoms with E-state index in [4.69, 9.17) is 9.97 Å². The zero-order valence-corrected chi connectivity index (χ0v) is 37.2. The van der Waals surface area contributed by atoms with E-state index in [0.29, 0.717) is 5.82 Å². The summed E-state index contributed by atoms with van der Waals surface area (Å²) in [7, 11) is 0. The summed E-state index contributed by atoms with van der Waals surface area (Å²) in [4.78, 5) is 12.7. The van der Waals surface area contributed by atoms with Gasteiger partial charge in [0.1, 0.15) is 0 Å². The van der Waals surface area contributed by atoms with E-state index >= 15 is 0 Å². The molecule has 3 heteroatoms. The third-order valence-electron chi connectivity index (χ3n) is 13.9. The van der Waals surface area contributed by atoms with Gasteiger partial charge in [-0.1, -0.05) is 224 Å². The smallest absolute Gasteiger partial charge is 0.160 e. The first kappa shape index (κ1) is 39.4. The molecule has 0 bridgehead atoms. The summed E-state index contributed by atoms with van der Waals surface area (Å²) >= 11 is 0. The molecule has 68 heavy (non-hydrogen) atoms. The molecule has 10 aromatic carbocycles. The van der Waals surface area contributed by atoms with Crippen molar-refractivity contribution in [1.29, 1.82) is 0 Å². The van der Waals surface area contributed by atoms with E-state index in [1.165, 1.54) is 67.0 Å². The van der Waals surface area contributed by atoms with Crippen molar-refractivity contribution in [3.8, 4) is 78.4 Å². The van der Waals surface area contributed by atoms with Crippen LogP contribution in [0.1, 0.15) is 22.3 Å². The molecule has 1 aromatic heterocycles. The zero-order valence-electron chi connectivity index (χ0n) is 37.2. The Hall–Kier alpha value is -8.92. The SMILES string of the molecule is c1ccc(-c2ccc(-c3cc(-c4ccccc4)nc(-c4ccc(-c5ccc(-c6ccc7c(c6)C6(c8ccccc8-7)c7ccccc7N(c7ccccc7)c7ccccc76)cc5)cc4)n3)cc2)cc1. The Morgan fingerprint density at radius 2 is 0.647 bits per heavy atom. The molecule has 0 saturated heterocycles. The monoisotopic (exact) mass is 865 g/mol. The van der Waals surface area contributed by atoms with Crippen molar-refractivity contribution < 1.29 is 0 Å². The molecule has 11 aromatic rings. The predicted molar refractivity (Wildman–Crippen MR) is 280 cm³/mol. The van der Waals surface area contributed by atoms with Crippen LogP contribution < -0.4 is 4.90 Å². The molecule has 0 unspecified atom stereocenters. The van der Waals surface area contributed by atoms with Gasteiger partial charge >= 0.3 is 0 Å². The van der Waals surface area contributed by atoms with Crippen molar-refractivity contribution >= 4 is 17.1 Å². The van der Waals surface area contributed by atoms with Crippen LogP contribution in [0, 0.1) is 0 Å². The Kier molecular flexibility index (Phi) is 9.40. The van der Waals surface area contributed by atoms with Gasteiger partial charge in [0.2, 0.25) is 0 Å². The number of anilines is 3. The minimum Gasteiger partial charge on any atom is -0.310 e. The molecule has 0 N–H and O–H groups in total. The summed E-state index contributed by atoms with van der Waals surface area (Å²) in [5, 5.41) is 0. The second-order valence-corrected chi connectivity index (χ2v) is 17.7. The summed E-state index contributed by atoms with van der Waals surface area (Å²) in [6, 6.07) is 94.1. The van der Waals surface area contributed by atoms with Crippen molar-refractivity contribution in [3.05, 3.63) is 283 Å². The summed E-state index contributed by atoms with van der Waals surface area (Å²) < 4.78 is 0. The van der Waals surface area contributed by atoms with Gasteiger partial charge in [-0.2, -0.15) is 0 Å². The van der Waals surface area contributed by atoms with Gasteiger partial charge in [-0.3, -0.25) is 0 Å². The first-order valence-electron chi connectivity index (χ1n) is 23.3. The molecule has 3 nitrogen and oxygen atoms in total. The normalized spacial score (nSPS) is 12.8. The molecule has 0 saturated carbocycles. The Balaban J connectivity index is 0.849. The van der Waals surface area contributed by atoms with Gasteiger partial charge in [0.15, 0.2) is 5.82 Å². The van der Waals surface area contributed by atoms with Gasteiger partial charge in [-0.15, -0.1) is 0 Å². The largest absolute Gasteiger partial charge is 0.310 e. The van der Waals surface area contributed by atoms with Crippen LogP contribution in [0.3, 0.4) is 0 Å². The lowest BCUT2D eigenvalue weighted by atomic mass is 9.64. The molecule has 1 aliphatic heterocycles. The van der Waals surface area contributed by atoms with E-state index in [0.717, 1.165) is 44.9 Å². The van der Waals surface area contributed by atoms with Crippen LogP contribution in [0.2, 0.25) is 0 Å². The first-order valence-corrected chi connectivity index (χ1v) is 23.3. The number of hydrogen-bond donors (Lipinski definition) is 0. The van der Waals surface area contributed by atoms with E-state index in [2.05, 4.69) is 254 Å². The molecule has 0 radical (unpaired) electrons. The molecule has 2 heterocycles. The topological polar surface area (TPSA) is 29.0 Å². The third kappa shape index (κ3) is 6.43. The highest BCUT2D eigenvalue weighted by Crippen LogP contribution is 2.63. The minimum absolute atomic E-state index is 0.500. The maximum absolute atomic E-state index is 5.15. The van der Waals surface area contributed by atoms with Gasteiger partial charge < -0.3 is 4.90 Å². The third-order valence-corrected chi connectivity index (χ3v) is 13.9. The molecular weight excluding hydrogens is 823 g/mol. The van der Waals surface area contributed by atoms with Gasteiger partial charge in [-0.05, 0) is 103 Å². The molecule has 1 aliphatic carbocycles. The Morgan fingerprint density at radius 3 is 1.22 bits per heavy atom. The number of benzene rings is 10. The highest BCUT2D eigenvalue weighted by molar-refractivity contribution is 5.96. The summed E-state index contributed by atoms with van der Waals surface area (Å²) in [6.07, 6.45) is 0. The maximum atomic E-state index is 5.15. The molecule has 13 rings (SSSR count). The molecule has 1 spiro atoms. The molecule has 0 atom stereocenters. The van der Waals surface area contributed by atoms with Crippen molar-refractivity contribution in [2.75, 3.05) is 4.90 Å². The summed E-state index contributed by atoms with van der Waals surface area (Å²) in [6.45, 7) is 0. The average molecular weight is 866 g/mol. The number of fused-ring (bicyclic) bond motifs is 9. The van der Waals surface area contributed by atoms with E-state index < -0.39 is 5.41 Å².